The van der Waals surface area contributed by atoms with E-state index in [-0.39, 0.29) is 0 Å². The zero-order valence-electron chi connectivity index (χ0n) is 25.6. The second-order valence-electron chi connectivity index (χ2n) is 10.7. The molecule has 216 valence electrons. The molecule has 3 nitrogen and oxygen atoms in total. The van der Waals surface area contributed by atoms with Crippen LogP contribution in [0.5, 0.6) is 0 Å². The number of nitrogens with zero attached hydrogens (tertiary/aromatic N) is 2. The highest BCUT2D eigenvalue weighted by Crippen LogP contribution is 2.34. The summed E-state index contributed by atoms with van der Waals surface area (Å²) < 4.78 is 0. The van der Waals surface area contributed by atoms with E-state index in [1.807, 2.05) is 38.3 Å². The summed E-state index contributed by atoms with van der Waals surface area (Å²) in [6.45, 7) is 18.8. The number of rotatable bonds is 15. The Balaban J connectivity index is 1.86. The second kappa shape index (κ2) is 16.1. The van der Waals surface area contributed by atoms with Gasteiger partial charge in [-0.25, -0.2) is 0 Å². The van der Waals surface area contributed by atoms with Crippen LogP contribution in [0.4, 0.5) is 11.4 Å². The van der Waals surface area contributed by atoms with Crippen LogP contribution in [-0.2, 0) is 19.3 Å². The maximum Gasteiger partial charge on any atom is 0.0721 e. The lowest BCUT2D eigenvalue weighted by atomic mass is 9.87. The van der Waals surface area contributed by atoms with Gasteiger partial charge in [-0.2, -0.15) is 0 Å². The fraction of sp³-hybridized carbons (Fsp3) is 0.351. The third-order valence-electron chi connectivity index (χ3n) is 7.59. The Bertz CT molecular complexity index is 1390. The van der Waals surface area contributed by atoms with Crippen molar-refractivity contribution in [1.82, 2.24) is 0 Å². The Hall–Kier alpha value is -3.43. The van der Waals surface area contributed by atoms with Gasteiger partial charge in [0, 0.05) is 23.0 Å². The summed E-state index contributed by atoms with van der Waals surface area (Å²) in [5.41, 5.74) is 10.7. The van der Waals surface area contributed by atoms with E-state index in [4.69, 9.17) is 16.6 Å². The predicted octanol–water partition coefficient (Wildman–Crippen LogP) is 11.1. The molecule has 0 aliphatic heterocycles. The van der Waals surface area contributed by atoms with Gasteiger partial charge in [0.15, 0.2) is 0 Å². The predicted molar refractivity (Wildman–Crippen MR) is 183 cm³/mol. The number of benzene rings is 3. The van der Waals surface area contributed by atoms with E-state index >= 15 is 0 Å². The van der Waals surface area contributed by atoms with E-state index in [0.717, 1.165) is 58.7 Å². The third kappa shape index (κ3) is 8.78. The molecule has 41 heavy (non-hydrogen) atoms. The molecule has 0 aromatic heterocycles. The van der Waals surface area contributed by atoms with Crippen LogP contribution < -0.4 is 5.32 Å². The topological polar surface area (TPSA) is 36.8 Å². The average Bonchev–Trinajstić information content (AvgIpc) is 2.96. The molecule has 0 atom stereocenters. The summed E-state index contributed by atoms with van der Waals surface area (Å²) in [7, 11) is 0. The van der Waals surface area contributed by atoms with Crippen LogP contribution in [0.2, 0.25) is 5.02 Å². The van der Waals surface area contributed by atoms with Crippen molar-refractivity contribution in [2.75, 3.05) is 5.32 Å². The summed E-state index contributed by atoms with van der Waals surface area (Å²) in [6, 6.07) is 19.1. The molecular weight excluding hydrogens is 522 g/mol. The maximum atomic E-state index is 6.81. The molecule has 0 spiro atoms. The van der Waals surface area contributed by atoms with E-state index in [9.17, 15) is 0 Å². The minimum absolute atomic E-state index is 0.665. The van der Waals surface area contributed by atoms with E-state index in [0.29, 0.717) is 10.9 Å². The fourth-order valence-electron chi connectivity index (χ4n) is 5.58. The van der Waals surface area contributed by atoms with Crippen molar-refractivity contribution in [2.45, 2.75) is 79.6 Å². The van der Waals surface area contributed by atoms with Gasteiger partial charge in [0.25, 0.3) is 0 Å². The van der Waals surface area contributed by atoms with Crippen molar-refractivity contribution in [3.63, 3.8) is 0 Å². The molecule has 0 bridgehead atoms. The van der Waals surface area contributed by atoms with Gasteiger partial charge in [-0.1, -0.05) is 95.0 Å². The summed E-state index contributed by atoms with van der Waals surface area (Å²) in [6.07, 6.45) is 11.6. The fourth-order valence-corrected chi connectivity index (χ4v) is 5.83. The number of aliphatic imine (C=N–C) groups is 2. The molecule has 0 unspecified atom stereocenters. The van der Waals surface area contributed by atoms with Crippen molar-refractivity contribution in [3.05, 3.63) is 106 Å². The first-order chi connectivity index (χ1) is 19.9. The summed E-state index contributed by atoms with van der Waals surface area (Å²) in [4.78, 5) is 8.84. The molecule has 0 saturated carbocycles. The first kappa shape index (κ1) is 32.1. The van der Waals surface area contributed by atoms with Crippen molar-refractivity contribution < 1.29 is 0 Å². The SMILES string of the molecule is C=N/C(=C\C)c1cccc(Cc2ccc(NC(=C)c3cc(CC(CCC)CCC)c(CC)cc3N=CC)c(Cl)c2)c1. The molecule has 3 aromatic rings. The van der Waals surface area contributed by atoms with E-state index in [1.54, 1.807) is 0 Å². The van der Waals surface area contributed by atoms with Crippen LogP contribution in [0.25, 0.3) is 11.4 Å². The zero-order chi connectivity index (χ0) is 29.8. The lowest BCUT2D eigenvalue weighted by Gasteiger charge is -2.21. The highest BCUT2D eigenvalue weighted by molar-refractivity contribution is 6.33. The smallest absolute Gasteiger partial charge is 0.0721 e. The van der Waals surface area contributed by atoms with Gasteiger partial charge in [-0.05, 0) is 98.3 Å². The number of nitrogens with one attached hydrogen (secondary N) is 1. The summed E-state index contributed by atoms with van der Waals surface area (Å²) in [5, 5.41) is 4.16. The van der Waals surface area contributed by atoms with E-state index in [2.05, 4.69) is 86.8 Å². The lowest BCUT2D eigenvalue weighted by Crippen LogP contribution is -2.08. The Labute approximate surface area is 253 Å². The van der Waals surface area contributed by atoms with Crippen molar-refractivity contribution in [3.8, 4) is 0 Å². The Kier molecular flexibility index (Phi) is 12.6. The molecule has 0 aliphatic rings. The molecule has 0 heterocycles. The van der Waals surface area contributed by atoms with Crippen LogP contribution in [-0.4, -0.2) is 12.9 Å². The van der Waals surface area contributed by atoms with Crippen LogP contribution >= 0.6 is 11.6 Å². The van der Waals surface area contributed by atoms with Gasteiger partial charge in [-0.15, -0.1) is 0 Å². The molecule has 3 rings (SSSR count). The van der Waals surface area contributed by atoms with Gasteiger partial charge >= 0.3 is 0 Å². The second-order valence-corrected chi connectivity index (χ2v) is 11.1. The van der Waals surface area contributed by atoms with Gasteiger partial charge in [-0.3, -0.25) is 9.98 Å². The number of hydrogen-bond acceptors (Lipinski definition) is 3. The van der Waals surface area contributed by atoms with Crippen molar-refractivity contribution >= 4 is 47.3 Å². The highest BCUT2D eigenvalue weighted by Gasteiger charge is 2.16. The third-order valence-corrected chi connectivity index (χ3v) is 7.90. The zero-order valence-corrected chi connectivity index (χ0v) is 26.3. The van der Waals surface area contributed by atoms with Crippen LogP contribution in [0, 0.1) is 5.92 Å². The minimum Gasteiger partial charge on any atom is -0.354 e. The molecule has 0 saturated heterocycles. The monoisotopic (exact) mass is 567 g/mol. The number of allylic oxidation sites excluding steroid dienone is 1. The molecule has 0 amide bonds. The number of halogens is 1. The van der Waals surface area contributed by atoms with Gasteiger partial charge in [0.05, 0.1) is 22.1 Å². The first-order valence-corrected chi connectivity index (χ1v) is 15.4. The molecular formula is C37H46ClN3. The maximum absolute atomic E-state index is 6.81. The number of anilines is 1. The van der Waals surface area contributed by atoms with Crippen LogP contribution in [0.3, 0.4) is 0 Å². The quantitative estimate of drug-likeness (QED) is 0.182. The lowest BCUT2D eigenvalue weighted by molar-refractivity contribution is 0.437. The molecule has 0 fully saturated rings. The first-order valence-electron chi connectivity index (χ1n) is 15.0. The van der Waals surface area contributed by atoms with E-state index in [1.165, 1.54) is 42.4 Å². The molecule has 0 radical (unpaired) electrons. The number of hydrogen-bond donors (Lipinski definition) is 1. The van der Waals surface area contributed by atoms with E-state index < -0.39 is 0 Å². The molecule has 3 aromatic carbocycles. The van der Waals surface area contributed by atoms with Gasteiger partial charge in [0.2, 0.25) is 0 Å². The molecule has 0 aliphatic carbocycles. The molecule has 4 heteroatoms. The standard InChI is InChI=1S/C37H46ClN3/c1-8-14-27(15-9-2)21-32-24-33(37(40-12-5)25-30(32)10-3)26(6)41-36-19-18-29(23-34(36)38)20-28-16-13-17-31(22-28)35(11-4)39-7/h11-13,16-19,22-25,27,41H,6-10,14-15,20-21H2,1-5H3/b35-11-,40-12?. The largest absolute Gasteiger partial charge is 0.354 e. The Morgan fingerprint density at radius 3 is 2.29 bits per heavy atom. The summed E-state index contributed by atoms with van der Waals surface area (Å²) in [5.74, 6) is 0.699. The average molecular weight is 568 g/mol. The van der Waals surface area contributed by atoms with Gasteiger partial charge in [0.1, 0.15) is 0 Å². The minimum atomic E-state index is 0.665. The Morgan fingerprint density at radius 1 is 0.951 bits per heavy atom. The summed E-state index contributed by atoms with van der Waals surface area (Å²) >= 11 is 6.81. The van der Waals surface area contributed by atoms with Crippen molar-refractivity contribution in [1.29, 1.82) is 0 Å². The Morgan fingerprint density at radius 2 is 1.68 bits per heavy atom. The number of aryl methyl sites for hydroxylation is 1. The normalized spacial score (nSPS) is 11.8. The highest BCUT2D eigenvalue weighted by atomic mass is 35.5. The molecule has 1 N–H and O–H groups in total. The van der Waals surface area contributed by atoms with Crippen LogP contribution in [0.15, 0.2) is 77.2 Å². The van der Waals surface area contributed by atoms with Crippen molar-refractivity contribution in [2.24, 2.45) is 15.9 Å². The van der Waals surface area contributed by atoms with Crippen LogP contribution in [0.1, 0.15) is 93.7 Å². The van der Waals surface area contributed by atoms with Gasteiger partial charge < -0.3 is 5.32 Å².